The highest BCUT2D eigenvalue weighted by Crippen LogP contribution is 2.32. The van der Waals surface area contributed by atoms with Crippen LogP contribution in [0, 0.1) is 13.8 Å². The van der Waals surface area contributed by atoms with Crippen molar-refractivity contribution in [3.63, 3.8) is 0 Å². The normalized spacial score (nSPS) is 11.3. The Morgan fingerprint density at radius 3 is 2.44 bits per heavy atom. The van der Waals surface area contributed by atoms with Crippen LogP contribution < -0.4 is 0 Å². The molecule has 0 fully saturated rings. The van der Waals surface area contributed by atoms with Crippen LogP contribution in [0.15, 0.2) is 42.6 Å². The lowest BCUT2D eigenvalue weighted by molar-refractivity contribution is 0.0988. The zero-order valence-corrected chi connectivity index (χ0v) is 17.0. The van der Waals surface area contributed by atoms with Crippen LogP contribution in [0.4, 0.5) is 0 Å². The van der Waals surface area contributed by atoms with Crippen LogP contribution in [0.3, 0.4) is 0 Å². The number of aromatic nitrogens is 3. The number of imidazole rings is 1. The lowest BCUT2D eigenvalue weighted by atomic mass is 10.0. The molecule has 4 nitrogen and oxygen atoms in total. The van der Waals surface area contributed by atoms with Gasteiger partial charge in [-0.15, -0.1) is 0 Å². The molecule has 0 atom stereocenters. The molecule has 0 amide bonds. The highest BCUT2D eigenvalue weighted by atomic mass is 35.5. The molecule has 0 bridgehead atoms. The van der Waals surface area contributed by atoms with Gasteiger partial charge in [0.05, 0.1) is 17.8 Å². The van der Waals surface area contributed by atoms with Crippen LogP contribution in [0.25, 0.3) is 16.9 Å². The fourth-order valence-electron chi connectivity index (χ4n) is 2.98. The number of Topliss-reactive ketones (excluding diaryl/α,β-unsaturated/α-hetero) is 1. The minimum Gasteiger partial charge on any atom is -0.303 e. The van der Waals surface area contributed by atoms with E-state index in [1.807, 2.05) is 60.8 Å². The van der Waals surface area contributed by atoms with E-state index in [0.717, 1.165) is 39.7 Å². The topological polar surface area (TPSA) is 47.3 Å². The summed E-state index contributed by atoms with van der Waals surface area (Å²) in [6, 6.07) is 12.1. The number of hydrogen-bond donors (Lipinski definition) is 0. The van der Waals surface area contributed by atoms with E-state index in [-0.39, 0.29) is 22.9 Å². The molecular formula is C20H15Cl2N3OS. The summed E-state index contributed by atoms with van der Waals surface area (Å²) >= 11 is 13.1. The second-order valence-corrected chi connectivity index (χ2v) is 8.18. The first-order chi connectivity index (χ1) is 12.9. The van der Waals surface area contributed by atoms with E-state index < -0.39 is 0 Å². The van der Waals surface area contributed by atoms with Crippen LogP contribution in [-0.4, -0.2) is 19.5 Å². The molecular weight excluding hydrogens is 401 g/mol. The highest BCUT2D eigenvalue weighted by molar-refractivity contribution is 7.11. The van der Waals surface area contributed by atoms with Gasteiger partial charge in [-0.05, 0) is 37.0 Å². The first-order valence-corrected chi connectivity index (χ1v) is 9.85. The van der Waals surface area contributed by atoms with Crippen LogP contribution in [0.2, 0.25) is 9.36 Å². The molecule has 4 rings (SSSR count). The molecule has 27 heavy (non-hydrogen) atoms. The minimum atomic E-state index is -0.181. The van der Waals surface area contributed by atoms with Crippen LogP contribution >= 0.6 is 34.7 Å². The Balaban J connectivity index is 1.85. The van der Waals surface area contributed by atoms with Gasteiger partial charge in [-0.25, -0.2) is 4.98 Å². The van der Waals surface area contributed by atoms with Crippen molar-refractivity contribution < 1.29 is 4.79 Å². The van der Waals surface area contributed by atoms with Gasteiger partial charge in [-0.3, -0.25) is 4.79 Å². The van der Waals surface area contributed by atoms with Gasteiger partial charge in [0, 0.05) is 11.8 Å². The fourth-order valence-corrected chi connectivity index (χ4v) is 4.01. The van der Waals surface area contributed by atoms with E-state index in [4.69, 9.17) is 28.2 Å². The van der Waals surface area contributed by atoms with Gasteiger partial charge in [0.2, 0.25) is 0 Å². The number of halogens is 2. The van der Waals surface area contributed by atoms with Gasteiger partial charge < -0.3 is 4.40 Å². The first kappa shape index (κ1) is 18.2. The summed E-state index contributed by atoms with van der Waals surface area (Å²) in [6.07, 6.45) is 2.12. The van der Waals surface area contributed by atoms with E-state index in [1.165, 1.54) is 5.56 Å². The maximum Gasteiger partial charge on any atom is 0.189 e. The van der Waals surface area contributed by atoms with Gasteiger partial charge in [0.25, 0.3) is 0 Å². The monoisotopic (exact) mass is 415 g/mol. The average molecular weight is 416 g/mol. The number of carbonyl (C=O) groups is 1. The zero-order chi connectivity index (χ0) is 19.1. The third-order valence-corrected chi connectivity index (χ3v) is 5.99. The Hall–Kier alpha value is -2.21. The van der Waals surface area contributed by atoms with Gasteiger partial charge in [-0.2, -0.15) is 4.37 Å². The third kappa shape index (κ3) is 3.38. The minimum absolute atomic E-state index is 0.133. The number of hydrogen-bond acceptors (Lipinski definition) is 4. The standard InChI is InChI=1S/C20H15Cl2N3OS/c1-11-3-6-13(7-4-11)18-14(25-10-12(2)5-8-16(25)23-18)9-15(26)19-17(21)20(22)27-24-19/h3-8,10H,9H2,1-2H3. The Kier molecular flexibility index (Phi) is 4.76. The van der Waals surface area contributed by atoms with Crippen molar-refractivity contribution in [1.82, 2.24) is 13.8 Å². The molecule has 136 valence electrons. The SMILES string of the molecule is Cc1ccc(-c2nc3ccc(C)cn3c2CC(=O)c2nsc(Cl)c2Cl)cc1. The van der Waals surface area contributed by atoms with Crippen molar-refractivity contribution in [2.45, 2.75) is 20.3 Å². The molecule has 0 unspecified atom stereocenters. The van der Waals surface area contributed by atoms with Gasteiger partial charge in [0.1, 0.15) is 20.7 Å². The Bertz CT molecular complexity index is 1160. The molecule has 1 aromatic carbocycles. The zero-order valence-electron chi connectivity index (χ0n) is 14.7. The van der Waals surface area contributed by atoms with E-state index in [0.29, 0.717) is 4.34 Å². The molecule has 3 heterocycles. The summed E-state index contributed by atoms with van der Waals surface area (Å²) in [6.45, 7) is 4.04. The number of ketones is 1. The summed E-state index contributed by atoms with van der Waals surface area (Å²) in [7, 11) is 0. The molecule has 0 saturated carbocycles. The van der Waals surface area contributed by atoms with Crippen LogP contribution in [-0.2, 0) is 6.42 Å². The van der Waals surface area contributed by atoms with Gasteiger partial charge >= 0.3 is 0 Å². The number of nitrogens with zero attached hydrogens (tertiary/aromatic N) is 3. The number of benzene rings is 1. The summed E-state index contributed by atoms with van der Waals surface area (Å²) in [5.74, 6) is -0.181. The predicted molar refractivity (Wildman–Crippen MR) is 110 cm³/mol. The van der Waals surface area contributed by atoms with Crippen molar-refractivity contribution in [2.75, 3.05) is 0 Å². The maximum absolute atomic E-state index is 12.9. The summed E-state index contributed by atoms with van der Waals surface area (Å²) < 4.78 is 6.40. The molecule has 0 N–H and O–H groups in total. The number of pyridine rings is 1. The van der Waals surface area contributed by atoms with Crippen LogP contribution in [0.5, 0.6) is 0 Å². The largest absolute Gasteiger partial charge is 0.303 e. The van der Waals surface area contributed by atoms with Gasteiger partial charge in [0.15, 0.2) is 5.78 Å². The lowest BCUT2D eigenvalue weighted by Gasteiger charge is -2.06. The summed E-state index contributed by atoms with van der Waals surface area (Å²) in [5, 5.41) is 0.216. The lowest BCUT2D eigenvalue weighted by Crippen LogP contribution is -2.08. The smallest absolute Gasteiger partial charge is 0.189 e. The number of carbonyl (C=O) groups excluding carboxylic acids is 1. The maximum atomic E-state index is 12.9. The predicted octanol–water partition coefficient (Wildman–Crippen LogP) is 5.81. The molecule has 0 aliphatic carbocycles. The van der Waals surface area contributed by atoms with E-state index >= 15 is 0 Å². The Morgan fingerprint density at radius 2 is 1.78 bits per heavy atom. The Morgan fingerprint density at radius 1 is 1.07 bits per heavy atom. The molecule has 7 heteroatoms. The number of aryl methyl sites for hydroxylation is 2. The Labute approximate surface area is 170 Å². The second-order valence-electron chi connectivity index (χ2n) is 6.43. The summed E-state index contributed by atoms with van der Waals surface area (Å²) in [5.41, 5.74) is 5.81. The second kappa shape index (κ2) is 7.08. The van der Waals surface area contributed by atoms with Crippen molar-refractivity contribution in [2.24, 2.45) is 0 Å². The first-order valence-electron chi connectivity index (χ1n) is 8.32. The molecule has 0 aliphatic heterocycles. The van der Waals surface area contributed by atoms with Crippen molar-refractivity contribution in [1.29, 1.82) is 0 Å². The summed E-state index contributed by atoms with van der Waals surface area (Å²) in [4.78, 5) is 17.6. The highest BCUT2D eigenvalue weighted by Gasteiger charge is 2.22. The van der Waals surface area contributed by atoms with E-state index in [1.54, 1.807) is 0 Å². The van der Waals surface area contributed by atoms with E-state index in [9.17, 15) is 4.79 Å². The average Bonchev–Trinajstić information content (AvgIpc) is 3.16. The molecule has 4 aromatic rings. The number of fused-ring (bicyclic) bond motifs is 1. The molecule has 0 spiro atoms. The molecule has 0 saturated heterocycles. The fraction of sp³-hybridized carbons (Fsp3) is 0.150. The quantitative estimate of drug-likeness (QED) is 0.395. The third-order valence-electron chi connectivity index (χ3n) is 4.38. The van der Waals surface area contributed by atoms with Crippen molar-refractivity contribution in [3.05, 3.63) is 74.5 Å². The molecule has 3 aromatic heterocycles. The van der Waals surface area contributed by atoms with Gasteiger partial charge in [-0.1, -0.05) is 59.1 Å². The van der Waals surface area contributed by atoms with E-state index in [2.05, 4.69) is 4.37 Å². The van der Waals surface area contributed by atoms with Crippen molar-refractivity contribution >= 4 is 46.2 Å². The molecule has 0 aliphatic rings. The van der Waals surface area contributed by atoms with Crippen LogP contribution in [0.1, 0.15) is 27.3 Å². The molecule has 0 radical (unpaired) electrons. The number of rotatable bonds is 4. The van der Waals surface area contributed by atoms with Crippen molar-refractivity contribution in [3.8, 4) is 11.3 Å².